The van der Waals surface area contributed by atoms with Gasteiger partial charge in [0.1, 0.15) is 5.82 Å². The molecule has 1 fully saturated rings. The highest BCUT2D eigenvalue weighted by molar-refractivity contribution is 8.00. The zero-order chi connectivity index (χ0) is 19.3. The van der Waals surface area contributed by atoms with Gasteiger partial charge in [0.2, 0.25) is 15.9 Å². The second-order valence-electron chi connectivity index (χ2n) is 6.33. The quantitative estimate of drug-likeness (QED) is 0.747. The average molecular weight is 409 g/mol. The van der Waals surface area contributed by atoms with Gasteiger partial charge in [-0.1, -0.05) is 18.2 Å². The highest BCUT2D eigenvalue weighted by atomic mass is 32.2. The molecule has 0 bridgehead atoms. The van der Waals surface area contributed by atoms with Crippen molar-refractivity contribution in [2.24, 2.45) is 0 Å². The third kappa shape index (κ3) is 5.54. The number of thioether (sulfide) groups is 1. The topological polar surface area (TPSA) is 66.5 Å². The number of benzene rings is 2. The van der Waals surface area contributed by atoms with E-state index in [0.717, 1.165) is 4.90 Å². The maximum atomic E-state index is 12.9. The molecule has 1 amide bonds. The van der Waals surface area contributed by atoms with Crippen molar-refractivity contribution in [2.45, 2.75) is 28.7 Å². The average Bonchev–Trinajstić information content (AvgIpc) is 2.68. The summed E-state index contributed by atoms with van der Waals surface area (Å²) in [4.78, 5) is 15.2. The van der Waals surface area contributed by atoms with Gasteiger partial charge in [0.15, 0.2) is 0 Å². The first-order valence-electron chi connectivity index (χ1n) is 8.67. The lowest BCUT2D eigenvalue weighted by Crippen LogP contribution is -2.46. The van der Waals surface area contributed by atoms with Gasteiger partial charge in [0.25, 0.3) is 0 Å². The van der Waals surface area contributed by atoms with Crippen molar-refractivity contribution in [1.29, 1.82) is 0 Å². The van der Waals surface area contributed by atoms with Gasteiger partial charge in [0.05, 0.1) is 10.6 Å². The predicted molar refractivity (Wildman–Crippen MR) is 103 cm³/mol. The van der Waals surface area contributed by atoms with Crippen LogP contribution in [0.4, 0.5) is 4.39 Å². The van der Waals surface area contributed by atoms with Gasteiger partial charge in [-0.2, -0.15) is 0 Å². The number of nitrogens with one attached hydrogen (secondary N) is 1. The molecule has 0 aliphatic carbocycles. The zero-order valence-corrected chi connectivity index (χ0v) is 16.3. The van der Waals surface area contributed by atoms with Crippen molar-refractivity contribution in [2.75, 3.05) is 18.8 Å². The van der Waals surface area contributed by atoms with E-state index in [9.17, 15) is 17.6 Å². The summed E-state index contributed by atoms with van der Waals surface area (Å²) < 4.78 is 40.4. The van der Waals surface area contributed by atoms with Crippen molar-refractivity contribution in [1.82, 2.24) is 9.62 Å². The second-order valence-corrected chi connectivity index (χ2v) is 9.09. The van der Waals surface area contributed by atoms with E-state index in [4.69, 9.17) is 0 Å². The molecular formula is C19H21FN2O3S2. The van der Waals surface area contributed by atoms with E-state index in [1.54, 1.807) is 47.4 Å². The van der Waals surface area contributed by atoms with Crippen LogP contribution in [-0.2, 0) is 14.8 Å². The molecule has 3 rings (SSSR count). The molecule has 0 aromatic heterocycles. The molecule has 1 aliphatic heterocycles. The number of carbonyl (C=O) groups is 1. The molecule has 1 heterocycles. The van der Waals surface area contributed by atoms with Crippen LogP contribution in [0, 0.1) is 5.82 Å². The predicted octanol–water partition coefficient (Wildman–Crippen LogP) is 2.89. The van der Waals surface area contributed by atoms with Gasteiger partial charge >= 0.3 is 0 Å². The molecule has 27 heavy (non-hydrogen) atoms. The first-order chi connectivity index (χ1) is 12.9. The van der Waals surface area contributed by atoms with Crippen LogP contribution in [0.3, 0.4) is 0 Å². The van der Waals surface area contributed by atoms with Gasteiger partial charge in [-0.25, -0.2) is 17.5 Å². The van der Waals surface area contributed by atoms with Gasteiger partial charge < -0.3 is 4.90 Å². The summed E-state index contributed by atoms with van der Waals surface area (Å²) in [6.07, 6.45) is 1.16. The summed E-state index contributed by atoms with van der Waals surface area (Å²) in [7, 11) is -3.54. The molecule has 1 N–H and O–H groups in total. The molecule has 144 valence electrons. The molecule has 0 saturated carbocycles. The molecule has 1 aliphatic rings. The molecule has 2 aromatic rings. The largest absolute Gasteiger partial charge is 0.342 e. The van der Waals surface area contributed by atoms with Crippen molar-refractivity contribution in [3.05, 3.63) is 60.4 Å². The summed E-state index contributed by atoms with van der Waals surface area (Å²) in [5.74, 6) is -0.00846. The Labute approximate surface area is 163 Å². The Morgan fingerprint density at radius 3 is 2.33 bits per heavy atom. The van der Waals surface area contributed by atoms with E-state index in [2.05, 4.69) is 4.72 Å². The summed E-state index contributed by atoms with van der Waals surface area (Å²) >= 11 is 1.37. The molecule has 8 heteroatoms. The van der Waals surface area contributed by atoms with E-state index in [1.165, 1.54) is 23.9 Å². The van der Waals surface area contributed by atoms with Crippen LogP contribution in [0.1, 0.15) is 12.8 Å². The number of rotatable bonds is 6. The van der Waals surface area contributed by atoms with Crippen molar-refractivity contribution in [3.63, 3.8) is 0 Å². The smallest absolute Gasteiger partial charge is 0.240 e. The highest BCUT2D eigenvalue weighted by Crippen LogP contribution is 2.20. The number of piperidine rings is 1. The Morgan fingerprint density at radius 2 is 1.70 bits per heavy atom. The normalized spacial score (nSPS) is 15.7. The molecule has 2 aromatic carbocycles. The van der Waals surface area contributed by atoms with E-state index < -0.39 is 10.0 Å². The lowest BCUT2D eigenvalue weighted by Gasteiger charge is -2.32. The van der Waals surface area contributed by atoms with Crippen LogP contribution >= 0.6 is 11.8 Å². The monoisotopic (exact) mass is 408 g/mol. The Hall–Kier alpha value is -1.90. The molecule has 0 spiro atoms. The Balaban J connectivity index is 1.47. The third-order valence-electron chi connectivity index (χ3n) is 4.40. The van der Waals surface area contributed by atoms with Crippen LogP contribution in [-0.4, -0.2) is 44.1 Å². The Morgan fingerprint density at radius 1 is 1.07 bits per heavy atom. The third-order valence-corrected chi connectivity index (χ3v) is 6.93. The fourth-order valence-corrected chi connectivity index (χ4v) is 5.03. The van der Waals surface area contributed by atoms with E-state index >= 15 is 0 Å². The standard InChI is InChI=1S/C19H21FN2O3S2/c20-15-6-8-17(9-7-15)26-14-19(23)22-12-10-16(11-13-22)21-27(24,25)18-4-2-1-3-5-18/h1-9,16,21H,10-14H2. The van der Waals surface area contributed by atoms with Crippen molar-refractivity contribution in [3.8, 4) is 0 Å². The lowest BCUT2D eigenvalue weighted by atomic mass is 10.1. The van der Waals surface area contributed by atoms with Crippen LogP contribution in [0.25, 0.3) is 0 Å². The van der Waals surface area contributed by atoms with Gasteiger partial charge in [-0.3, -0.25) is 4.79 Å². The summed E-state index contributed by atoms with van der Waals surface area (Å²) in [6.45, 7) is 1.04. The molecule has 0 radical (unpaired) electrons. The number of likely N-dealkylation sites (tertiary alicyclic amines) is 1. The molecule has 1 saturated heterocycles. The van der Waals surface area contributed by atoms with Gasteiger partial charge in [0, 0.05) is 24.0 Å². The Bertz CT molecular complexity index is 866. The number of sulfonamides is 1. The van der Waals surface area contributed by atoms with Crippen LogP contribution in [0.15, 0.2) is 64.4 Å². The number of hydrogen-bond donors (Lipinski definition) is 1. The first kappa shape index (κ1) is 19.9. The van der Waals surface area contributed by atoms with Crippen molar-refractivity contribution < 1.29 is 17.6 Å². The minimum Gasteiger partial charge on any atom is -0.342 e. The maximum absolute atomic E-state index is 12.9. The van der Waals surface area contributed by atoms with Gasteiger partial charge in [-0.05, 0) is 49.2 Å². The van der Waals surface area contributed by atoms with Gasteiger partial charge in [-0.15, -0.1) is 11.8 Å². The SMILES string of the molecule is O=C(CSc1ccc(F)cc1)N1CCC(NS(=O)(=O)c2ccccc2)CC1. The molecule has 0 atom stereocenters. The number of hydrogen-bond acceptors (Lipinski definition) is 4. The summed E-state index contributed by atoms with van der Waals surface area (Å²) in [5.41, 5.74) is 0. The molecule has 0 unspecified atom stereocenters. The summed E-state index contributed by atoms with van der Waals surface area (Å²) in [5, 5.41) is 0. The van der Waals surface area contributed by atoms with E-state index in [0.29, 0.717) is 25.9 Å². The molecule has 5 nitrogen and oxygen atoms in total. The van der Waals surface area contributed by atoms with Crippen LogP contribution < -0.4 is 4.72 Å². The maximum Gasteiger partial charge on any atom is 0.240 e. The van der Waals surface area contributed by atoms with Crippen LogP contribution in [0.2, 0.25) is 0 Å². The van der Waals surface area contributed by atoms with E-state index in [1.807, 2.05) is 0 Å². The summed E-state index contributed by atoms with van der Waals surface area (Å²) in [6, 6.07) is 14.1. The lowest BCUT2D eigenvalue weighted by molar-refractivity contribution is -0.129. The number of nitrogens with zero attached hydrogens (tertiary/aromatic N) is 1. The fraction of sp³-hybridized carbons (Fsp3) is 0.316. The minimum absolute atomic E-state index is 0.00805. The number of amides is 1. The zero-order valence-electron chi connectivity index (χ0n) is 14.7. The number of carbonyl (C=O) groups excluding carboxylic acids is 1. The van der Waals surface area contributed by atoms with Crippen LogP contribution in [0.5, 0.6) is 0 Å². The first-order valence-corrected chi connectivity index (χ1v) is 11.1. The van der Waals surface area contributed by atoms with Crippen molar-refractivity contribution >= 4 is 27.7 Å². The molecular weight excluding hydrogens is 387 g/mol. The van der Waals surface area contributed by atoms with E-state index in [-0.39, 0.29) is 28.4 Å². The highest BCUT2D eigenvalue weighted by Gasteiger charge is 2.26. The Kier molecular flexibility index (Phi) is 6.51. The minimum atomic E-state index is -3.54. The second kappa shape index (κ2) is 8.86. The fourth-order valence-electron chi connectivity index (χ4n) is 2.90. The number of halogens is 1.